The molecule has 302 valence electrons. The number of hydrogen-bond donors (Lipinski definition) is 2. The summed E-state index contributed by atoms with van der Waals surface area (Å²) in [6.07, 6.45) is 5.88. The van der Waals surface area contributed by atoms with E-state index >= 15 is 4.39 Å². The first-order valence-electron chi connectivity index (χ1n) is 20.5. The summed E-state index contributed by atoms with van der Waals surface area (Å²) >= 11 is 0. The zero-order chi connectivity index (χ0) is 39.8. The molecule has 1 aliphatic carbocycles. The minimum absolute atomic E-state index is 0.0825. The van der Waals surface area contributed by atoms with Crippen LogP contribution in [0.15, 0.2) is 48.8 Å². The second kappa shape index (κ2) is 14.1. The molecule has 0 radical (unpaired) electrons. The minimum Gasteiger partial charge on any atom is -0.488 e. The van der Waals surface area contributed by atoms with Crippen LogP contribution in [0.4, 0.5) is 15.9 Å². The lowest BCUT2D eigenvalue weighted by atomic mass is 9.94. The molecule has 4 saturated heterocycles. The summed E-state index contributed by atoms with van der Waals surface area (Å²) in [6.45, 7) is 9.25. The van der Waals surface area contributed by atoms with Gasteiger partial charge in [-0.3, -0.25) is 39.4 Å². The van der Waals surface area contributed by atoms with Gasteiger partial charge >= 0.3 is 0 Å². The first kappa shape index (κ1) is 36.8. The monoisotopic (exact) mass is 790 g/mol. The number of imide groups is 2. The number of piperidine rings is 2. The third-order valence-electron chi connectivity index (χ3n) is 12.9. The quantitative estimate of drug-likeness (QED) is 0.226. The molecule has 2 N–H and O–H groups in total. The number of H-pyrrole nitrogens is 1. The van der Waals surface area contributed by atoms with Gasteiger partial charge in [0, 0.05) is 75.9 Å². The Kier molecular flexibility index (Phi) is 8.96. The van der Waals surface area contributed by atoms with Gasteiger partial charge in [0.15, 0.2) is 5.67 Å². The molecule has 1 atom stereocenters. The SMILES string of the molecule is CC1(Oc2ccc3n[nH]c(-c4cc(N5CC(F)(CN6CCN(CC7CCN(c8ccc9c(c8)C(=O)N(C8CCC(=O)NC8=O)C9=O)CC7)CC6)C5)ncn4)c3c2)CC1. The maximum Gasteiger partial charge on any atom is 0.262 e. The topological polar surface area (TPSA) is 160 Å². The minimum atomic E-state index is -1.30. The predicted molar refractivity (Wildman–Crippen MR) is 212 cm³/mol. The number of amides is 4. The highest BCUT2D eigenvalue weighted by Crippen LogP contribution is 2.41. The third kappa shape index (κ3) is 6.95. The highest BCUT2D eigenvalue weighted by molar-refractivity contribution is 6.23. The van der Waals surface area contributed by atoms with Gasteiger partial charge in [-0.05, 0) is 81.3 Å². The Balaban J connectivity index is 0.683. The normalized spacial score (nSPS) is 23.6. The van der Waals surface area contributed by atoms with E-state index in [1.807, 2.05) is 35.2 Å². The Labute approximate surface area is 334 Å². The lowest BCUT2D eigenvalue weighted by Crippen LogP contribution is -2.65. The zero-order valence-electron chi connectivity index (χ0n) is 32.6. The average Bonchev–Trinajstić information content (AvgIpc) is 3.69. The molecule has 2 aromatic carbocycles. The van der Waals surface area contributed by atoms with Crippen LogP contribution in [-0.2, 0) is 9.59 Å². The number of carbonyl (C=O) groups excluding carboxylic acids is 4. The molecule has 1 saturated carbocycles. The number of halogens is 1. The van der Waals surface area contributed by atoms with Crippen LogP contribution in [0.2, 0.25) is 0 Å². The van der Waals surface area contributed by atoms with E-state index in [4.69, 9.17) is 4.74 Å². The number of anilines is 2. The van der Waals surface area contributed by atoms with E-state index in [0.29, 0.717) is 35.1 Å². The fourth-order valence-corrected chi connectivity index (χ4v) is 9.29. The van der Waals surface area contributed by atoms with Crippen molar-refractivity contribution in [1.29, 1.82) is 0 Å². The summed E-state index contributed by atoms with van der Waals surface area (Å²) in [5.41, 5.74) is 2.43. The molecule has 58 heavy (non-hydrogen) atoms. The number of hydrogen-bond acceptors (Lipinski definition) is 12. The third-order valence-corrected chi connectivity index (χ3v) is 12.9. The number of alkyl halides is 1. The van der Waals surface area contributed by atoms with E-state index in [-0.39, 0.29) is 31.5 Å². The first-order chi connectivity index (χ1) is 28.0. The maximum atomic E-state index is 16.0. The predicted octanol–water partition coefficient (Wildman–Crippen LogP) is 3.41. The fraction of sp³-hybridized carbons (Fsp3) is 0.500. The summed E-state index contributed by atoms with van der Waals surface area (Å²) in [6, 6.07) is 12.2. The number of aromatic amines is 1. The highest BCUT2D eigenvalue weighted by atomic mass is 19.1. The van der Waals surface area contributed by atoms with Gasteiger partial charge in [0.2, 0.25) is 11.8 Å². The molecule has 16 heteroatoms. The van der Waals surface area contributed by atoms with Crippen LogP contribution < -0.4 is 19.9 Å². The Bertz CT molecular complexity index is 2310. The van der Waals surface area contributed by atoms with Crippen LogP contribution in [0.1, 0.15) is 66.2 Å². The number of ether oxygens (including phenoxy) is 1. The molecule has 4 aromatic rings. The zero-order valence-corrected chi connectivity index (χ0v) is 32.6. The van der Waals surface area contributed by atoms with Gasteiger partial charge in [0.25, 0.3) is 11.8 Å². The van der Waals surface area contributed by atoms with Crippen molar-refractivity contribution in [3.63, 3.8) is 0 Å². The number of rotatable bonds is 10. The van der Waals surface area contributed by atoms with E-state index < -0.39 is 35.3 Å². The van der Waals surface area contributed by atoms with Crippen LogP contribution >= 0.6 is 0 Å². The van der Waals surface area contributed by atoms with E-state index in [1.54, 1.807) is 12.1 Å². The molecule has 6 aliphatic rings. The van der Waals surface area contributed by atoms with Crippen molar-refractivity contribution in [2.75, 3.05) is 75.2 Å². The Hall–Kier alpha value is -5.48. The summed E-state index contributed by atoms with van der Waals surface area (Å²) in [5.74, 6) is 0.0763. The molecule has 1 unspecified atom stereocenters. The molecule has 2 aromatic heterocycles. The van der Waals surface area contributed by atoms with Crippen molar-refractivity contribution in [3.8, 4) is 17.1 Å². The van der Waals surface area contributed by atoms with Gasteiger partial charge in [-0.1, -0.05) is 0 Å². The van der Waals surface area contributed by atoms with Crippen LogP contribution in [0.25, 0.3) is 22.3 Å². The lowest BCUT2D eigenvalue weighted by Gasteiger charge is -2.48. The van der Waals surface area contributed by atoms with Crippen molar-refractivity contribution >= 4 is 46.0 Å². The maximum absolute atomic E-state index is 16.0. The molecule has 4 amide bonds. The van der Waals surface area contributed by atoms with Gasteiger partial charge in [0.05, 0.1) is 41.1 Å². The van der Waals surface area contributed by atoms with Gasteiger partial charge in [-0.15, -0.1) is 0 Å². The molecule has 10 rings (SSSR count). The first-order valence-corrected chi connectivity index (χ1v) is 20.5. The van der Waals surface area contributed by atoms with Gasteiger partial charge in [-0.2, -0.15) is 5.10 Å². The van der Waals surface area contributed by atoms with Gasteiger partial charge < -0.3 is 19.4 Å². The molecule has 7 heterocycles. The Morgan fingerprint density at radius 1 is 0.845 bits per heavy atom. The van der Waals surface area contributed by atoms with Gasteiger partial charge in [-0.25, -0.2) is 14.4 Å². The van der Waals surface area contributed by atoms with Crippen LogP contribution in [0, 0.1) is 5.92 Å². The average molecular weight is 791 g/mol. The fourth-order valence-electron chi connectivity index (χ4n) is 9.29. The van der Waals surface area contributed by atoms with E-state index in [2.05, 4.69) is 47.1 Å². The number of carbonyl (C=O) groups is 4. The van der Waals surface area contributed by atoms with Crippen molar-refractivity contribution in [1.82, 2.24) is 40.2 Å². The van der Waals surface area contributed by atoms with Crippen LogP contribution in [-0.4, -0.2) is 141 Å². The molecule has 5 fully saturated rings. The second-order valence-corrected chi connectivity index (χ2v) is 17.3. The van der Waals surface area contributed by atoms with E-state index in [0.717, 1.165) is 104 Å². The van der Waals surface area contributed by atoms with Crippen molar-refractivity contribution in [2.24, 2.45) is 5.92 Å². The number of nitrogens with zero attached hydrogens (tertiary/aromatic N) is 8. The number of nitrogens with one attached hydrogen (secondary N) is 2. The number of piperazine rings is 1. The smallest absolute Gasteiger partial charge is 0.262 e. The summed E-state index contributed by atoms with van der Waals surface area (Å²) < 4.78 is 22.2. The lowest BCUT2D eigenvalue weighted by molar-refractivity contribution is -0.136. The van der Waals surface area contributed by atoms with Crippen molar-refractivity contribution in [2.45, 2.75) is 62.8 Å². The van der Waals surface area contributed by atoms with Gasteiger partial charge in [0.1, 0.15) is 29.5 Å². The Morgan fingerprint density at radius 3 is 2.36 bits per heavy atom. The van der Waals surface area contributed by atoms with Crippen molar-refractivity contribution in [3.05, 3.63) is 59.9 Å². The molecule has 0 bridgehead atoms. The van der Waals surface area contributed by atoms with E-state index in [1.165, 1.54) is 6.33 Å². The van der Waals surface area contributed by atoms with Crippen molar-refractivity contribution < 1.29 is 28.3 Å². The van der Waals surface area contributed by atoms with Crippen LogP contribution in [0.3, 0.4) is 0 Å². The standard InChI is InChI=1S/C42H47FN10O5/c1-41(10-11-41)58-28-3-5-32-31(19-28)37(48-47-32)33-20-35(45-25-44-33)52-23-42(43,24-52)22-50-16-14-49(15-17-50)21-26-8-12-51(13-9-26)27-2-4-29-30(18-27)40(57)53(39(29)56)34-6-7-36(54)46-38(34)55/h2-5,18-20,25-26,34H,6-17,21-24H2,1H3,(H,47,48)(H,46,54,55). The molecule has 15 nitrogen and oxygen atoms in total. The highest BCUT2D eigenvalue weighted by Gasteiger charge is 2.47. The largest absolute Gasteiger partial charge is 0.488 e. The summed E-state index contributed by atoms with van der Waals surface area (Å²) in [4.78, 5) is 69.5. The number of aromatic nitrogens is 4. The number of fused-ring (bicyclic) bond motifs is 2. The Morgan fingerprint density at radius 2 is 1.60 bits per heavy atom. The second-order valence-electron chi connectivity index (χ2n) is 17.3. The summed E-state index contributed by atoms with van der Waals surface area (Å²) in [7, 11) is 0. The number of benzene rings is 2. The molecule has 5 aliphatic heterocycles. The molecular weight excluding hydrogens is 744 g/mol. The summed E-state index contributed by atoms with van der Waals surface area (Å²) in [5, 5.41) is 10.8. The van der Waals surface area contributed by atoms with E-state index in [9.17, 15) is 19.2 Å². The molecular formula is C42H47FN10O5. The molecule has 0 spiro atoms. The van der Waals surface area contributed by atoms with Crippen LogP contribution in [0.5, 0.6) is 5.75 Å².